The largest absolute Gasteiger partial charge is 0.305 e. The second-order valence-corrected chi connectivity index (χ2v) is 18.8. The first-order chi connectivity index (χ1) is 25.2. The van der Waals surface area contributed by atoms with Gasteiger partial charge >= 0.3 is 0 Å². The van der Waals surface area contributed by atoms with Gasteiger partial charge in [-0.25, -0.2) is 4.39 Å². The molecule has 0 fully saturated rings. The van der Waals surface area contributed by atoms with Crippen molar-refractivity contribution in [1.29, 1.82) is 0 Å². The van der Waals surface area contributed by atoms with Crippen LogP contribution < -0.4 is 5.19 Å². The molecule has 0 amide bonds. The van der Waals surface area contributed by atoms with Crippen LogP contribution in [0.2, 0.25) is 19.6 Å². The van der Waals surface area contributed by atoms with Gasteiger partial charge in [0.2, 0.25) is 0 Å². The first-order valence-corrected chi connectivity index (χ1v) is 19.7. The summed E-state index contributed by atoms with van der Waals surface area (Å²) < 4.78 is 70.1. The molecular weight excluding hydrogens is 804 g/mol. The molecule has 6 heteroatoms. The van der Waals surface area contributed by atoms with E-state index in [2.05, 4.69) is 41.7 Å². The van der Waals surface area contributed by atoms with E-state index in [1.807, 2.05) is 74.6 Å². The van der Waals surface area contributed by atoms with Crippen LogP contribution in [0.5, 0.6) is 0 Å². The minimum Gasteiger partial charge on any atom is -0.305 e. The normalized spacial score (nSPS) is 14.2. The molecule has 0 aliphatic rings. The standard InChI is InChI=1S/C24H15FNS.C18H24NSi.Ir/c1-15-14-26-22(13-21(15)16-6-3-2-4-7-16)20-9-5-8-19-18-11-10-17(25)12-23(18)27-24(19)20;1-13(2)16-11-17(15-9-7-14(3)8-10-15)19-12-18(16)20(4,5)6;/h2-8,10-14H,1H3;7-9,11-13H,1-6H3;/q2*-1;/i1D3;3D3,13D;. The Morgan fingerprint density at radius 1 is 0.854 bits per heavy atom. The molecule has 0 aliphatic carbocycles. The molecule has 4 aromatic carbocycles. The summed E-state index contributed by atoms with van der Waals surface area (Å²) >= 11 is 1.49. The van der Waals surface area contributed by atoms with Crippen LogP contribution in [0, 0.1) is 31.7 Å². The Labute approximate surface area is 312 Å². The fourth-order valence-corrected chi connectivity index (χ4v) is 8.37. The predicted molar refractivity (Wildman–Crippen MR) is 202 cm³/mol. The molecule has 3 aromatic heterocycles. The van der Waals surface area contributed by atoms with Crippen molar-refractivity contribution in [3.8, 4) is 33.6 Å². The van der Waals surface area contributed by atoms with Crippen LogP contribution in [-0.4, -0.2) is 18.0 Å². The Kier molecular flexibility index (Phi) is 8.32. The maximum Gasteiger partial charge on any atom is 0.124 e. The summed E-state index contributed by atoms with van der Waals surface area (Å²) in [5.74, 6) is -0.988. The van der Waals surface area contributed by atoms with Crippen molar-refractivity contribution in [2.24, 2.45) is 0 Å². The van der Waals surface area contributed by atoms with Gasteiger partial charge in [0.15, 0.2) is 0 Å². The number of thiophene rings is 1. The number of aromatic nitrogens is 2. The van der Waals surface area contributed by atoms with E-state index < -0.39 is 27.7 Å². The third-order valence-electron chi connectivity index (χ3n) is 7.98. The molecule has 245 valence electrons. The molecule has 3 heterocycles. The van der Waals surface area contributed by atoms with Crippen LogP contribution in [0.25, 0.3) is 53.8 Å². The molecule has 1 radical (unpaired) electrons. The second-order valence-electron chi connectivity index (χ2n) is 12.7. The molecule has 0 spiro atoms. The number of hydrogen-bond acceptors (Lipinski definition) is 3. The zero-order valence-corrected chi connectivity index (χ0v) is 31.5. The van der Waals surface area contributed by atoms with Crippen LogP contribution in [0.1, 0.15) is 46.0 Å². The van der Waals surface area contributed by atoms with Crippen molar-refractivity contribution in [2.45, 2.75) is 53.1 Å². The SMILES string of the molecule is [2H]C([2H])([2H])c1c[c-]c(-c2cc(C([2H])(C)C)c([Si](C)(C)C)cn2)cc1.[2H]C([2H])([2H])c1cnc(-c2[c-]ccc3c2sc2cc(F)ccc23)cc1-c1ccccc1.[Ir]. The van der Waals surface area contributed by atoms with Gasteiger partial charge in [-0.05, 0) is 68.2 Å². The number of hydrogen-bond donors (Lipinski definition) is 0. The van der Waals surface area contributed by atoms with Crippen molar-refractivity contribution >= 4 is 44.8 Å². The molecule has 0 atom stereocenters. The van der Waals surface area contributed by atoms with Crippen LogP contribution >= 0.6 is 11.3 Å². The summed E-state index contributed by atoms with van der Waals surface area (Å²) in [6.45, 7) is 6.11. The minimum atomic E-state index is -2.28. The van der Waals surface area contributed by atoms with Gasteiger partial charge in [0, 0.05) is 46.8 Å². The van der Waals surface area contributed by atoms with E-state index in [1.165, 1.54) is 40.9 Å². The molecule has 7 aromatic rings. The third-order valence-corrected chi connectivity index (χ3v) is 11.2. The van der Waals surface area contributed by atoms with Crippen molar-refractivity contribution in [2.75, 3.05) is 0 Å². The molecule has 0 aliphatic heterocycles. The third kappa shape index (κ3) is 7.58. The zero-order chi connectivity index (χ0) is 39.2. The first kappa shape index (κ1) is 27.1. The molecule has 0 unspecified atom stereocenters. The Morgan fingerprint density at radius 3 is 2.33 bits per heavy atom. The summed E-state index contributed by atoms with van der Waals surface area (Å²) in [7, 11) is -1.61. The van der Waals surface area contributed by atoms with Gasteiger partial charge in [-0.3, -0.25) is 0 Å². The molecule has 0 saturated carbocycles. The average molecular weight is 850 g/mol. The number of benzene rings is 4. The topological polar surface area (TPSA) is 25.8 Å². The average Bonchev–Trinajstić information content (AvgIpc) is 3.48. The maximum atomic E-state index is 13.7. The smallest absolute Gasteiger partial charge is 0.124 e. The van der Waals surface area contributed by atoms with Crippen molar-refractivity contribution in [1.82, 2.24) is 9.97 Å². The summed E-state index contributed by atoms with van der Waals surface area (Å²) in [4.78, 5) is 9.04. The number of fused-ring (bicyclic) bond motifs is 3. The number of rotatable bonds is 5. The van der Waals surface area contributed by atoms with E-state index in [0.29, 0.717) is 11.3 Å². The molecule has 7 rings (SSSR count). The minimum absolute atomic E-state index is 0. The van der Waals surface area contributed by atoms with E-state index in [9.17, 15) is 4.39 Å². The van der Waals surface area contributed by atoms with Crippen molar-refractivity contribution in [3.63, 3.8) is 0 Å². The van der Waals surface area contributed by atoms with E-state index in [4.69, 9.17) is 9.60 Å². The van der Waals surface area contributed by atoms with Gasteiger partial charge in [0.1, 0.15) is 5.82 Å². The van der Waals surface area contributed by atoms with Crippen LogP contribution in [0.3, 0.4) is 0 Å². The molecule has 0 bridgehead atoms. The quantitative estimate of drug-likeness (QED) is 0.127. The second kappa shape index (κ2) is 14.8. The number of halogens is 1. The van der Waals surface area contributed by atoms with E-state index in [-0.39, 0.29) is 37.0 Å². The zero-order valence-electron chi connectivity index (χ0n) is 34.3. The number of aryl methyl sites for hydroxylation is 2. The number of nitrogens with zero attached hydrogens (tertiary/aromatic N) is 2. The summed E-state index contributed by atoms with van der Waals surface area (Å²) in [6.07, 6.45) is 3.32. The molecule has 48 heavy (non-hydrogen) atoms. The van der Waals surface area contributed by atoms with Gasteiger partial charge in [0.05, 0.1) is 8.07 Å². The first-order valence-electron chi connectivity index (χ1n) is 18.8. The Bertz CT molecular complexity index is 2450. The number of pyridine rings is 2. The van der Waals surface area contributed by atoms with E-state index in [0.717, 1.165) is 48.1 Å². The van der Waals surface area contributed by atoms with Gasteiger partial charge in [0.25, 0.3) is 0 Å². The molecular formula is C42H39FIrN2SSi-2. The van der Waals surface area contributed by atoms with Gasteiger partial charge in [-0.1, -0.05) is 99.8 Å². The van der Waals surface area contributed by atoms with Crippen LogP contribution in [-0.2, 0) is 20.1 Å². The monoisotopic (exact) mass is 850 g/mol. The Balaban J connectivity index is 0.000000213. The van der Waals surface area contributed by atoms with E-state index >= 15 is 0 Å². The summed E-state index contributed by atoms with van der Waals surface area (Å²) in [5, 5.41) is 3.17. The Hall–Kier alpha value is -3.80. The van der Waals surface area contributed by atoms with Crippen molar-refractivity contribution < 1.29 is 34.1 Å². The molecule has 0 saturated heterocycles. The van der Waals surface area contributed by atoms with Gasteiger partial charge < -0.3 is 9.97 Å². The maximum absolute atomic E-state index is 13.7. The molecule has 2 nitrogen and oxygen atoms in total. The van der Waals surface area contributed by atoms with Crippen LogP contribution in [0.4, 0.5) is 4.39 Å². The van der Waals surface area contributed by atoms with E-state index in [1.54, 1.807) is 18.2 Å². The predicted octanol–water partition coefficient (Wildman–Crippen LogP) is 11.6. The summed E-state index contributed by atoms with van der Waals surface area (Å²) in [5.41, 5.74) is 5.80. The summed E-state index contributed by atoms with van der Waals surface area (Å²) in [6, 6.07) is 32.9. The molecule has 0 N–H and O–H groups in total. The van der Waals surface area contributed by atoms with Crippen LogP contribution in [0.15, 0.2) is 103 Å². The Morgan fingerprint density at radius 2 is 1.65 bits per heavy atom. The van der Waals surface area contributed by atoms with Gasteiger partial charge in [-0.15, -0.1) is 59.2 Å². The van der Waals surface area contributed by atoms with Crippen molar-refractivity contribution in [3.05, 3.63) is 138 Å². The fraction of sp³-hybridized carbons (Fsp3) is 0.190. The fourth-order valence-electron chi connectivity index (χ4n) is 5.55. The van der Waals surface area contributed by atoms with Gasteiger partial charge in [-0.2, -0.15) is 11.3 Å².